The molecule has 0 spiro atoms. The molecule has 0 aliphatic carbocycles. The second-order valence-corrected chi connectivity index (χ2v) is 6.05. The predicted molar refractivity (Wildman–Crippen MR) is 95.9 cm³/mol. The van der Waals surface area contributed by atoms with Crippen LogP contribution in [-0.4, -0.2) is 25.0 Å². The molecular weight excluding hydrogens is 398 g/mol. The molecule has 0 bridgehead atoms. The van der Waals surface area contributed by atoms with Crippen molar-refractivity contribution in [2.45, 2.75) is 0 Å². The van der Waals surface area contributed by atoms with Crippen molar-refractivity contribution in [2.24, 2.45) is 0 Å². The SMILES string of the molecule is O=C(CNc1ccc(Br)cc1)NNC(=O)COc1ccc(Cl)cc1. The van der Waals surface area contributed by atoms with Crippen molar-refractivity contribution < 1.29 is 14.3 Å². The molecule has 0 atom stereocenters. The maximum Gasteiger partial charge on any atom is 0.276 e. The molecule has 2 amide bonds. The minimum Gasteiger partial charge on any atom is -0.484 e. The van der Waals surface area contributed by atoms with E-state index in [0.29, 0.717) is 10.8 Å². The molecule has 3 N–H and O–H groups in total. The lowest BCUT2D eigenvalue weighted by atomic mass is 10.3. The molecule has 2 aromatic rings. The van der Waals surface area contributed by atoms with Crippen LogP contribution in [0.15, 0.2) is 53.0 Å². The number of anilines is 1. The molecule has 8 heteroatoms. The Balaban J connectivity index is 1.64. The Bertz CT molecular complexity index is 631. The van der Waals surface area contributed by atoms with Crippen molar-refractivity contribution in [3.05, 3.63) is 58.0 Å². The third-order valence-electron chi connectivity index (χ3n) is 2.82. The molecule has 126 valence electrons. The molecule has 2 aromatic carbocycles. The summed E-state index contributed by atoms with van der Waals surface area (Å²) in [5, 5.41) is 3.51. The van der Waals surface area contributed by atoms with Gasteiger partial charge in [0.2, 0.25) is 0 Å². The van der Waals surface area contributed by atoms with E-state index < -0.39 is 5.91 Å². The second kappa shape index (κ2) is 9.14. The first-order valence-electron chi connectivity index (χ1n) is 6.98. The van der Waals surface area contributed by atoms with E-state index in [1.807, 2.05) is 24.3 Å². The van der Waals surface area contributed by atoms with Gasteiger partial charge in [0.05, 0.1) is 6.54 Å². The summed E-state index contributed by atoms with van der Waals surface area (Å²) in [7, 11) is 0. The highest BCUT2D eigenvalue weighted by Gasteiger charge is 2.05. The summed E-state index contributed by atoms with van der Waals surface area (Å²) in [5.41, 5.74) is 5.37. The Morgan fingerprint density at radius 2 is 1.58 bits per heavy atom. The second-order valence-electron chi connectivity index (χ2n) is 4.70. The van der Waals surface area contributed by atoms with Crippen molar-refractivity contribution in [1.29, 1.82) is 0 Å². The largest absolute Gasteiger partial charge is 0.484 e. The Hall–Kier alpha value is -2.25. The molecular formula is C16H15BrClN3O3. The highest BCUT2D eigenvalue weighted by molar-refractivity contribution is 9.10. The van der Waals surface area contributed by atoms with Gasteiger partial charge in [0.1, 0.15) is 5.75 Å². The van der Waals surface area contributed by atoms with Crippen LogP contribution in [0.3, 0.4) is 0 Å². The fourth-order valence-electron chi connectivity index (χ4n) is 1.65. The number of halogens is 2. The normalized spacial score (nSPS) is 9.92. The fraction of sp³-hybridized carbons (Fsp3) is 0.125. The lowest BCUT2D eigenvalue weighted by Crippen LogP contribution is -2.45. The summed E-state index contributed by atoms with van der Waals surface area (Å²) in [5.74, 6) is -0.336. The van der Waals surface area contributed by atoms with E-state index in [1.54, 1.807) is 24.3 Å². The van der Waals surface area contributed by atoms with Gasteiger partial charge in [0, 0.05) is 15.2 Å². The Labute approximate surface area is 152 Å². The highest BCUT2D eigenvalue weighted by Crippen LogP contribution is 2.15. The van der Waals surface area contributed by atoms with Gasteiger partial charge < -0.3 is 10.1 Å². The predicted octanol–water partition coefficient (Wildman–Crippen LogP) is 2.74. The lowest BCUT2D eigenvalue weighted by Gasteiger charge is -2.10. The van der Waals surface area contributed by atoms with Crippen molar-refractivity contribution >= 4 is 45.0 Å². The zero-order valence-corrected chi connectivity index (χ0v) is 14.9. The number of amides is 2. The van der Waals surface area contributed by atoms with E-state index >= 15 is 0 Å². The topological polar surface area (TPSA) is 79.5 Å². The van der Waals surface area contributed by atoms with Gasteiger partial charge in [-0.3, -0.25) is 20.4 Å². The maximum absolute atomic E-state index is 11.6. The fourth-order valence-corrected chi connectivity index (χ4v) is 2.04. The summed E-state index contributed by atoms with van der Waals surface area (Å²) < 4.78 is 6.20. The molecule has 0 aliphatic heterocycles. The molecule has 0 saturated carbocycles. The van der Waals surface area contributed by atoms with Gasteiger partial charge in [-0.15, -0.1) is 0 Å². The van der Waals surface area contributed by atoms with E-state index in [4.69, 9.17) is 16.3 Å². The van der Waals surface area contributed by atoms with Gasteiger partial charge in [0.15, 0.2) is 6.61 Å². The summed E-state index contributed by atoms with van der Waals surface area (Å²) in [6, 6.07) is 14.0. The zero-order valence-electron chi connectivity index (χ0n) is 12.5. The summed E-state index contributed by atoms with van der Waals surface area (Å²) >= 11 is 9.08. The summed E-state index contributed by atoms with van der Waals surface area (Å²) in [6.45, 7) is -0.192. The number of hydrogen-bond acceptors (Lipinski definition) is 4. The molecule has 0 unspecified atom stereocenters. The van der Waals surface area contributed by atoms with Gasteiger partial charge in [-0.2, -0.15) is 0 Å². The molecule has 0 aromatic heterocycles. The van der Waals surface area contributed by atoms with Crippen LogP contribution in [0, 0.1) is 0 Å². The number of carbonyl (C=O) groups excluding carboxylic acids is 2. The number of ether oxygens (including phenoxy) is 1. The lowest BCUT2D eigenvalue weighted by molar-refractivity contribution is -0.129. The first-order valence-corrected chi connectivity index (χ1v) is 8.15. The minimum absolute atomic E-state index is 0.0277. The summed E-state index contributed by atoms with van der Waals surface area (Å²) in [4.78, 5) is 23.2. The number of benzene rings is 2. The molecule has 0 fully saturated rings. The third kappa shape index (κ3) is 6.47. The molecule has 0 aliphatic rings. The molecule has 2 rings (SSSR count). The van der Waals surface area contributed by atoms with Crippen LogP contribution >= 0.6 is 27.5 Å². The standard InChI is InChI=1S/C16H15BrClN3O3/c17-11-1-5-13(6-2-11)19-9-15(22)20-21-16(23)10-24-14-7-3-12(18)4-8-14/h1-8,19H,9-10H2,(H,20,22)(H,21,23). The minimum atomic E-state index is -0.470. The molecule has 6 nitrogen and oxygen atoms in total. The number of rotatable bonds is 6. The Morgan fingerprint density at radius 1 is 0.958 bits per heavy atom. The number of hydrogen-bond donors (Lipinski definition) is 3. The molecule has 0 radical (unpaired) electrons. The van der Waals surface area contributed by atoms with Gasteiger partial charge >= 0.3 is 0 Å². The number of hydrazine groups is 1. The van der Waals surface area contributed by atoms with E-state index in [-0.39, 0.29) is 19.1 Å². The van der Waals surface area contributed by atoms with E-state index in [2.05, 4.69) is 32.1 Å². The van der Waals surface area contributed by atoms with Gasteiger partial charge in [-0.05, 0) is 48.5 Å². The van der Waals surface area contributed by atoms with E-state index in [0.717, 1.165) is 10.2 Å². The van der Waals surface area contributed by atoms with Crippen LogP contribution in [0.4, 0.5) is 5.69 Å². The first kappa shape index (κ1) is 18.1. The van der Waals surface area contributed by atoms with Crippen LogP contribution < -0.4 is 20.9 Å². The highest BCUT2D eigenvalue weighted by atomic mass is 79.9. The molecule has 0 heterocycles. The third-order valence-corrected chi connectivity index (χ3v) is 3.60. The average molecular weight is 413 g/mol. The van der Waals surface area contributed by atoms with E-state index in [1.165, 1.54) is 0 Å². The monoisotopic (exact) mass is 411 g/mol. The van der Waals surface area contributed by atoms with Crippen LogP contribution in [-0.2, 0) is 9.59 Å². The smallest absolute Gasteiger partial charge is 0.276 e. The van der Waals surface area contributed by atoms with Crippen molar-refractivity contribution in [1.82, 2.24) is 10.9 Å². The van der Waals surface area contributed by atoms with E-state index in [9.17, 15) is 9.59 Å². The van der Waals surface area contributed by atoms with Crippen molar-refractivity contribution in [2.75, 3.05) is 18.5 Å². The van der Waals surface area contributed by atoms with Crippen LogP contribution in [0.5, 0.6) is 5.75 Å². The average Bonchev–Trinajstić information content (AvgIpc) is 2.59. The zero-order chi connectivity index (χ0) is 17.4. The van der Waals surface area contributed by atoms with Gasteiger partial charge in [0.25, 0.3) is 11.8 Å². The Morgan fingerprint density at radius 3 is 2.25 bits per heavy atom. The van der Waals surface area contributed by atoms with Crippen molar-refractivity contribution in [3.63, 3.8) is 0 Å². The molecule has 24 heavy (non-hydrogen) atoms. The van der Waals surface area contributed by atoms with Crippen molar-refractivity contribution in [3.8, 4) is 5.75 Å². The van der Waals surface area contributed by atoms with Crippen LogP contribution in [0.1, 0.15) is 0 Å². The maximum atomic E-state index is 11.6. The Kier molecular flexibility index (Phi) is 6.89. The first-order chi connectivity index (χ1) is 11.5. The van der Waals surface area contributed by atoms with Crippen LogP contribution in [0.2, 0.25) is 5.02 Å². The van der Waals surface area contributed by atoms with Gasteiger partial charge in [-0.25, -0.2) is 0 Å². The number of carbonyl (C=O) groups is 2. The molecule has 0 saturated heterocycles. The quantitative estimate of drug-likeness (QED) is 0.638. The number of nitrogens with one attached hydrogen (secondary N) is 3. The summed E-state index contributed by atoms with van der Waals surface area (Å²) in [6.07, 6.45) is 0. The van der Waals surface area contributed by atoms with Gasteiger partial charge in [-0.1, -0.05) is 27.5 Å². The van der Waals surface area contributed by atoms with Crippen LogP contribution in [0.25, 0.3) is 0 Å².